The first-order chi connectivity index (χ1) is 12.9. The normalized spacial score (nSPS) is 18.9. The van der Waals surface area contributed by atoms with Gasteiger partial charge in [0.2, 0.25) is 0 Å². The standard InChI is InChI=1S/C25H20O/c1-3-9-18(10-4-1)22-17-26-23-16-15-19-11-7-8-14-21(19)25(23)24(22)20-12-5-2-6-13-20/h1-16,22,24H,17H2. The van der Waals surface area contributed by atoms with E-state index in [1.54, 1.807) is 0 Å². The lowest BCUT2D eigenvalue weighted by molar-refractivity contribution is 0.250. The highest BCUT2D eigenvalue weighted by molar-refractivity contribution is 5.89. The van der Waals surface area contributed by atoms with Crippen LogP contribution in [0, 0.1) is 0 Å². The molecule has 0 saturated carbocycles. The zero-order chi connectivity index (χ0) is 17.3. The highest BCUT2D eigenvalue weighted by Crippen LogP contribution is 2.48. The van der Waals surface area contributed by atoms with Gasteiger partial charge in [-0.05, 0) is 28.0 Å². The summed E-state index contributed by atoms with van der Waals surface area (Å²) in [5, 5.41) is 2.56. The zero-order valence-corrected chi connectivity index (χ0v) is 14.5. The fraction of sp³-hybridized carbons (Fsp3) is 0.120. The maximum Gasteiger partial charge on any atom is 0.123 e. The molecule has 0 aromatic heterocycles. The van der Waals surface area contributed by atoms with Crippen molar-refractivity contribution in [2.45, 2.75) is 11.8 Å². The molecule has 0 bridgehead atoms. The monoisotopic (exact) mass is 336 g/mol. The van der Waals surface area contributed by atoms with Gasteiger partial charge in [-0.1, -0.05) is 91.0 Å². The quantitative estimate of drug-likeness (QED) is 0.427. The maximum absolute atomic E-state index is 6.25. The van der Waals surface area contributed by atoms with Crippen LogP contribution in [0.4, 0.5) is 0 Å². The van der Waals surface area contributed by atoms with Crippen molar-refractivity contribution in [3.63, 3.8) is 0 Å². The van der Waals surface area contributed by atoms with Crippen LogP contribution in [-0.2, 0) is 0 Å². The van der Waals surface area contributed by atoms with E-state index < -0.39 is 0 Å². The third-order valence-electron chi connectivity index (χ3n) is 5.45. The lowest BCUT2D eigenvalue weighted by Crippen LogP contribution is -2.25. The van der Waals surface area contributed by atoms with Crippen LogP contribution in [0.5, 0.6) is 5.75 Å². The molecule has 0 saturated heterocycles. The van der Waals surface area contributed by atoms with E-state index in [4.69, 9.17) is 4.74 Å². The summed E-state index contributed by atoms with van der Waals surface area (Å²) in [7, 11) is 0. The molecule has 0 radical (unpaired) electrons. The summed E-state index contributed by atoms with van der Waals surface area (Å²) in [6, 6.07) is 34.6. The summed E-state index contributed by atoms with van der Waals surface area (Å²) in [5.74, 6) is 1.61. The van der Waals surface area contributed by atoms with Gasteiger partial charge in [-0.15, -0.1) is 0 Å². The number of fused-ring (bicyclic) bond motifs is 3. The van der Waals surface area contributed by atoms with Crippen LogP contribution in [0.3, 0.4) is 0 Å². The van der Waals surface area contributed by atoms with Crippen LogP contribution in [-0.4, -0.2) is 6.61 Å². The summed E-state index contributed by atoms with van der Waals surface area (Å²) >= 11 is 0. The topological polar surface area (TPSA) is 9.23 Å². The maximum atomic E-state index is 6.25. The Bertz CT molecular complexity index is 1040. The van der Waals surface area contributed by atoms with Crippen LogP contribution in [0.25, 0.3) is 10.8 Å². The highest BCUT2D eigenvalue weighted by atomic mass is 16.5. The van der Waals surface area contributed by atoms with E-state index in [9.17, 15) is 0 Å². The lowest BCUT2D eigenvalue weighted by Gasteiger charge is -2.35. The number of ether oxygens (including phenoxy) is 1. The Kier molecular flexibility index (Phi) is 3.71. The molecule has 0 aliphatic carbocycles. The number of hydrogen-bond acceptors (Lipinski definition) is 1. The minimum absolute atomic E-state index is 0.286. The minimum atomic E-state index is 0.286. The summed E-state index contributed by atoms with van der Waals surface area (Å²) in [5.41, 5.74) is 4.00. The molecule has 4 aromatic rings. The Hall–Kier alpha value is -3.06. The fourth-order valence-corrected chi connectivity index (χ4v) is 4.25. The molecule has 5 rings (SSSR count). The zero-order valence-electron chi connectivity index (χ0n) is 14.5. The second-order valence-corrected chi connectivity index (χ2v) is 6.92. The number of hydrogen-bond donors (Lipinski definition) is 0. The predicted molar refractivity (Wildman–Crippen MR) is 107 cm³/mol. The molecule has 126 valence electrons. The van der Waals surface area contributed by atoms with Crippen molar-refractivity contribution in [1.29, 1.82) is 0 Å². The molecule has 0 spiro atoms. The SMILES string of the molecule is c1ccc(C2COc3ccc4ccccc4c3C2c2ccccc2)cc1. The van der Waals surface area contributed by atoms with Gasteiger partial charge in [-0.25, -0.2) is 0 Å². The van der Waals surface area contributed by atoms with Crippen molar-refractivity contribution in [2.75, 3.05) is 6.61 Å². The van der Waals surface area contributed by atoms with Crippen molar-refractivity contribution in [2.24, 2.45) is 0 Å². The first-order valence-electron chi connectivity index (χ1n) is 9.16. The van der Waals surface area contributed by atoms with Gasteiger partial charge < -0.3 is 4.74 Å². The third-order valence-corrected chi connectivity index (χ3v) is 5.45. The Morgan fingerprint density at radius 2 is 1.27 bits per heavy atom. The van der Waals surface area contributed by atoms with Crippen LogP contribution < -0.4 is 4.74 Å². The van der Waals surface area contributed by atoms with Crippen LogP contribution in [0.1, 0.15) is 28.5 Å². The van der Waals surface area contributed by atoms with Gasteiger partial charge in [0.05, 0.1) is 6.61 Å². The van der Waals surface area contributed by atoms with E-state index in [0.717, 1.165) is 5.75 Å². The van der Waals surface area contributed by atoms with Gasteiger partial charge in [0.15, 0.2) is 0 Å². The van der Waals surface area contributed by atoms with Crippen molar-refractivity contribution < 1.29 is 4.74 Å². The fourth-order valence-electron chi connectivity index (χ4n) is 4.25. The molecular weight excluding hydrogens is 316 g/mol. The first-order valence-corrected chi connectivity index (χ1v) is 9.16. The van der Waals surface area contributed by atoms with Gasteiger partial charge in [-0.3, -0.25) is 0 Å². The van der Waals surface area contributed by atoms with Crippen molar-refractivity contribution in [3.8, 4) is 5.75 Å². The summed E-state index contributed by atoms with van der Waals surface area (Å²) in [6.07, 6.45) is 0. The van der Waals surface area contributed by atoms with Crippen molar-refractivity contribution in [3.05, 3.63) is 114 Å². The molecule has 0 N–H and O–H groups in total. The summed E-state index contributed by atoms with van der Waals surface area (Å²) < 4.78 is 6.25. The van der Waals surface area contributed by atoms with E-state index in [0.29, 0.717) is 12.5 Å². The molecule has 1 heteroatoms. The molecule has 1 aliphatic rings. The van der Waals surface area contributed by atoms with Crippen LogP contribution in [0.2, 0.25) is 0 Å². The molecule has 1 heterocycles. The average molecular weight is 336 g/mol. The smallest absolute Gasteiger partial charge is 0.123 e. The van der Waals surface area contributed by atoms with Gasteiger partial charge in [0.1, 0.15) is 5.75 Å². The Balaban J connectivity index is 1.78. The van der Waals surface area contributed by atoms with Crippen LogP contribution in [0.15, 0.2) is 97.1 Å². The van der Waals surface area contributed by atoms with Crippen molar-refractivity contribution in [1.82, 2.24) is 0 Å². The third kappa shape index (κ3) is 2.48. The van der Waals surface area contributed by atoms with Gasteiger partial charge in [-0.2, -0.15) is 0 Å². The van der Waals surface area contributed by atoms with E-state index in [2.05, 4.69) is 97.1 Å². The summed E-state index contributed by atoms with van der Waals surface area (Å²) in [4.78, 5) is 0. The summed E-state index contributed by atoms with van der Waals surface area (Å²) in [6.45, 7) is 0.703. The van der Waals surface area contributed by atoms with Gasteiger partial charge >= 0.3 is 0 Å². The number of benzene rings is 4. The second kappa shape index (κ2) is 6.34. The molecule has 1 nitrogen and oxygen atoms in total. The second-order valence-electron chi connectivity index (χ2n) is 6.92. The van der Waals surface area contributed by atoms with Crippen LogP contribution >= 0.6 is 0 Å². The van der Waals surface area contributed by atoms with Crippen molar-refractivity contribution >= 4 is 10.8 Å². The Morgan fingerprint density at radius 3 is 2.04 bits per heavy atom. The highest BCUT2D eigenvalue weighted by Gasteiger charge is 2.34. The predicted octanol–water partition coefficient (Wildman–Crippen LogP) is 6.15. The Labute approximate surface area is 153 Å². The number of rotatable bonds is 2. The lowest BCUT2D eigenvalue weighted by atomic mass is 9.74. The molecule has 0 amide bonds. The minimum Gasteiger partial charge on any atom is -0.493 e. The van der Waals surface area contributed by atoms with Gasteiger partial charge in [0.25, 0.3) is 0 Å². The molecule has 0 fully saturated rings. The Morgan fingerprint density at radius 1 is 0.615 bits per heavy atom. The molecule has 2 unspecified atom stereocenters. The van der Waals surface area contributed by atoms with E-state index in [-0.39, 0.29) is 5.92 Å². The molecular formula is C25H20O. The first kappa shape index (κ1) is 15.2. The average Bonchev–Trinajstić information content (AvgIpc) is 2.74. The molecule has 4 aromatic carbocycles. The van der Waals surface area contributed by atoms with E-state index >= 15 is 0 Å². The molecule has 2 atom stereocenters. The van der Waals surface area contributed by atoms with E-state index in [1.807, 2.05) is 0 Å². The molecule has 26 heavy (non-hydrogen) atoms. The van der Waals surface area contributed by atoms with Gasteiger partial charge in [0, 0.05) is 17.4 Å². The van der Waals surface area contributed by atoms with E-state index in [1.165, 1.54) is 27.5 Å². The molecule has 1 aliphatic heterocycles. The largest absolute Gasteiger partial charge is 0.493 e.